The molecule has 5 nitrogen and oxygen atoms in total. The number of oxime groups is 1. The number of benzene rings is 1. The van der Waals surface area contributed by atoms with E-state index < -0.39 is 17.5 Å². The van der Waals surface area contributed by atoms with Crippen molar-refractivity contribution in [3.8, 4) is 0 Å². The lowest BCUT2D eigenvalue weighted by molar-refractivity contribution is 0.0809. The number of hydrogen-bond acceptors (Lipinski definition) is 3. The molecular formula is C11H13F2N3O2. The number of carbonyl (C=O) groups is 1. The minimum absolute atomic E-state index is 0.162. The number of aryl methyl sites for hydroxylation is 1. The van der Waals surface area contributed by atoms with Crippen molar-refractivity contribution in [1.82, 2.24) is 4.90 Å². The maximum atomic E-state index is 13.5. The van der Waals surface area contributed by atoms with Crippen molar-refractivity contribution in [3.63, 3.8) is 0 Å². The van der Waals surface area contributed by atoms with Gasteiger partial charge < -0.3 is 15.8 Å². The zero-order valence-electron chi connectivity index (χ0n) is 9.94. The summed E-state index contributed by atoms with van der Waals surface area (Å²) < 4.78 is 26.5. The van der Waals surface area contributed by atoms with Crippen LogP contribution in [0.15, 0.2) is 17.3 Å². The maximum Gasteiger partial charge on any atom is 0.256 e. The number of amidine groups is 1. The average Bonchev–Trinajstić information content (AvgIpc) is 2.32. The molecule has 7 heteroatoms. The molecule has 0 aliphatic carbocycles. The lowest BCUT2D eigenvalue weighted by Crippen LogP contribution is -2.36. The predicted octanol–water partition coefficient (Wildman–Crippen LogP) is 1.09. The van der Waals surface area contributed by atoms with Gasteiger partial charge in [-0.05, 0) is 18.6 Å². The van der Waals surface area contributed by atoms with Gasteiger partial charge in [-0.15, -0.1) is 0 Å². The fourth-order valence-corrected chi connectivity index (χ4v) is 1.37. The van der Waals surface area contributed by atoms with E-state index in [0.29, 0.717) is 6.07 Å². The van der Waals surface area contributed by atoms with E-state index in [1.54, 1.807) is 0 Å². The predicted molar refractivity (Wildman–Crippen MR) is 61.5 cm³/mol. The Morgan fingerprint density at radius 2 is 2.06 bits per heavy atom. The van der Waals surface area contributed by atoms with Crippen molar-refractivity contribution in [2.24, 2.45) is 10.9 Å². The molecule has 98 valence electrons. The van der Waals surface area contributed by atoms with Gasteiger partial charge in [0.05, 0.1) is 12.1 Å². The van der Waals surface area contributed by atoms with E-state index in [1.807, 2.05) is 0 Å². The van der Waals surface area contributed by atoms with Gasteiger partial charge in [0.25, 0.3) is 5.91 Å². The third-order valence-electron chi connectivity index (χ3n) is 2.35. The first kappa shape index (κ1) is 13.9. The Labute approximate surface area is 102 Å². The number of nitrogens with zero attached hydrogens (tertiary/aromatic N) is 2. The summed E-state index contributed by atoms with van der Waals surface area (Å²) in [6.07, 6.45) is 0. The van der Waals surface area contributed by atoms with Gasteiger partial charge in [-0.2, -0.15) is 0 Å². The summed E-state index contributed by atoms with van der Waals surface area (Å²) in [5.74, 6) is -2.54. The van der Waals surface area contributed by atoms with E-state index in [-0.39, 0.29) is 23.5 Å². The molecule has 1 amide bonds. The van der Waals surface area contributed by atoms with Gasteiger partial charge in [0.1, 0.15) is 11.6 Å². The van der Waals surface area contributed by atoms with Crippen LogP contribution in [0.1, 0.15) is 15.9 Å². The number of rotatable bonds is 3. The summed E-state index contributed by atoms with van der Waals surface area (Å²) in [7, 11) is 1.36. The molecule has 0 fully saturated rings. The number of carbonyl (C=O) groups excluding carboxylic acids is 1. The van der Waals surface area contributed by atoms with Gasteiger partial charge in [0.15, 0.2) is 5.84 Å². The van der Waals surface area contributed by atoms with Crippen LogP contribution < -0.4 is 5.73 Å². The largest absolute Gasteiger partial charge is 0.409 e. The Kier molecular flexibility index (Phi) is 4.19. The number of nitrogens with two attached hydrogens (primary N) is 1. The van der Waals surface area contributed by atoms with E-state index in [2.05, 4.69) is 5.16 Å². The van der Waals surface area contributed by atoms with Crippen molar-refractivity contribution in [1.29, 1.82) is 0 Å². The summed E-state index contributed by atoms with van der Waals surface area (Å²) in [5.41, 5.74) is 5.14. The van der Waals surface area contributed by atoms with Crippen LogP contribution in [0.3, 0.4) is 0 Å². The highest BCUT2D eigenvalue weighted by atomic mass is 19.1. The monoisotopic (exact) mass is 257 g/mol. The Hall–Kier alpha value is -2.18. The van der Waals surface area contributed by atoms with Crippen molar-refractivity contribution in [2.45, 2.75) is 6.92 Å². The van der Waals surface area contributed by atoms with Gasteiger partial charge in [0, 0.05) is 13.1 Å². The zero-order valence-corrected chi connectivity index (χ0v) is 9.94. The third kappa shape index (κ3) is 2.93. The molecule has 1 aromatic rings. The minimum Gasteiger partial charge on any atom is -0.409 e. The topological polar surface area (TPSA) is 78.9 Å². The van der Waals surface area contributed by atoms with Crippen LogP contribution in [0, 0.1) is 18.6 Å². The normalized spacial score (nSPS) is 11.4. The van der Waals surface area contributed by atoms with Gasteiger partial charge in [-0.3, -0.25) is 4.79 Å². The van der Waals surface area contributed by atoms with Gasteiger partial charge in [-0.25, -0.2) is 8.78 Å². The lowest BCUT2D eigenvalue weighted by atomic mass is 10.1. The second-order valence-electron chi connectivity index (χ2n) is 3.83. The SMILES string of the molecule is Cc1cc(C(=O)N(C)C/C(N)=N/O)c(F)cc1F. The number of likely N-dealkylation sites (N-methyl/N-ethyl adjacent to an activating group) is 1. The Morgan fingerprint density at radius 1 is 1.44 bits per heavy atom. The maximum absolute atomic E-state index is 13.5. The molecule has 0 aromatic heterocycles. The lowest BCUT2D eigenvalue weighted by Gasteiger charge is -2.17. The molecule has 0 saturated heterocycles. The summed E-state index contributed by atoms with van der Waals surface area (Å²) in [6.45, 7) is 1.26. The Morgan fingerprint density at radius 3 is 2.61 bits per heavy atom. The van der Waals surface area contributed by atoms with Crippen molar-refractivity contribution in [2.75, 3.05) is 13.6 Å². The first-order chi connectivity index (χ1) is 8.36. The van der Waals surface area contributed by atoms with Crippen molar-refractivity contribution < 1.29 is 18.8 Å². The van der Waals surface area contributed by atoms with Gasteiger partial charge >= 0.3 is 0 Å². The quantitative estimate of drug-likeness (QED) is 0.368. The minimum atomic E-state index is -0.950. The molecule has 1 rings (SSSR count). The van der Waals surface area contributed by atoms with Crippen LogP contribution in [0.25, 0.3) is 0 Å². The molecule has 0 bridgehead atoms. The number of amides is 1. The molecule has 0 atom stereocenters. The summed E-state index contributed by atoms with van der Waals surface area (Å²) in [5, 5.41) is 11.1. The Balaban J connectivity index is 3.00. The zero-order chi connectivity index (χ0) is 13.9. The molecule has 1 aromatic carbocycles. The highest BCUT2D eigenvalue weighted by Gasteiger charge is 2.18. The third-order valence-corrected chi connectivity index (χ3v) is 2.35. The molecule has 0 heterocycles. The average molecular weight is 257 g/mol. The molecule has 0 aliphatic heterocycles. The molecule has 3 N–H and O–H groups in total. The highest BCUT2D eigenvalue weighted by molar-refractivity contribution is 5.97. The first-order valence-corrected chi connectivity index (χ1v) is 5.04. The fourth-order valence-electron chi connectivity index (χ4n) is 1.37. The molecule has 0 spiro atoms. The van der Waals surface area contributed by atoms with Crippen LogP contribution in [0.4, 0.5) is 8.78 Å². The molecule has 18 heavy (non-hydrogen) atoms. The summed E-state index contributed by atoms with van der Waals surface area (Å²) in [6, 6.07) is 1.77. The van der Waals surface area contributed by atoms with Crippen LogP contribution in [-0.2, 0) is 0 Å². The summed E-state index contributed by atoms with van der Waals surface area (Å²) in [4.78, 5) is 12.9. The first-order valence-electron chi connectivity index (χ1n) is 5.04. The highest BCUT2D eigenvalue weighted by Crippen LogP contribution is 2.15. The fraction of sp³-hybridized carbons (Fsp3) is 0.273. The second-order valence-corrected chi connectivity index (χ2v) is 3.83. The smallest absolute Gasteiger partial charge is 0.256 e. The standard InChI is InChI=1S/C11H13F2N3O2/c1-6-3-7(9(13)4-8(6)12)11(17)16(2)5-10(14)15-18/h3-4,18H,5H2,1-2H3,(H2,14,15). The van der Waals surface area contributed by atoms with Gasteiger partial charge in [0.2, 0.25) is 0 Å². The van der Waals surface area contributed by atoms with Crippen LogP contribution in [-0.4, -0.2) is 35.4 Å². The summed E-state index contributed by atoms with van der Waals surface area (Å²) >= 11 is 0. The second kappa shape index (κ2) is 5.44. The van der Waals surface area contributed by atoms with Gasteiger partial charge in [-0.1, -0.05) is 5.16 Å². The van der Waals surface area contributed by atoms with E-state index in [9.17, 15) is 13.6 Å². The number of halogens is 2. The van der Waals surface area contributed by atoms with Crippen molar-refractivity contribution >= 4 is 11.7 Å². The molecule has 0 aliphatic rings. The molecular weight excluding hydrogens is 244 g/mol. The van der Waals surface area contributed by atoms with E-state index in [1.165, 1.54) is 14.0 Å². The van der Waals surface area contributed by atoms with Crippen LogP contribution in [0.2, 0.25) is 0 Å². The Bertz CT molecular complexity index is 503. The van der Waals surface area contributed by atoms with Crippen LogP contribution >= 0.6 is 0 Å². The van der Waals surface area contributed by atoms with Crippen LogP contribution in [0.5, 0.6) is 0 Å². The molecule has 0 saturated carbocycles. The van der Waals surface area contributed by atoms with E-state index in [0.717, 1.165) is 11.0 Å². The molecule has 0 radical (unpaired) electrons. The van der Waals surface area contributed by atoms with E-state index in [4.69, 9.17) is 10.9 Å². The number of hydrogen-bond donors (Lipinski definition) is 2. The van der Waals surface area contributed by atoms with E-state index >= 15 is 0 Å². The van der Waals surface area contributed by atoms with Crippen molar-refractivity contribution in [3.05, 3.63) is 34.9 Å². The molecule has 0 unspecified atom stereocenters.